The molecule has 0 fully saturated rings. The van der Waals surface area contributed by atoms with E-state index in [0.717, 1.165) is 24.3 Å². The van der Waals surface area contributed by atoms with E-state index in [0.29, 0.717) is 0 Å². The van der Waals surface area contributed by atoms with Crippen LogP contribution in [-0.2, 0) is 4.79 Å². The average molecular weight is 226 g/mol. The Morgan fingerprint density at radius 3 is 2.69 bits per heavy atom. The van der Waals surface area contributed by atoms with Gasteiger partial charge in [-0.2, -0.15) is 0 Å². The molecule has 0 heterocycles. The summed E-state index contributed by atoms with van der Waals surface area (Å²) in [6.07, 6.45) is 2.04. The molecule has 0 saturated heterocycles. The standard InChI is InChI=1S/C9H7FN2O4/c10-6-3-5(1-2-8(11)13)4-7(9(6)14)12(15)16/h1-4,14H,(H2,11,13). The fourth-order valence-corrected chi connectivity index (χ4v) is 1.02. The van der Waals surface area contributed by atoms with Gasteiger partial charge in [0.05, 0.1) is 4.92 Å². The molecule has 0 aromatic heterocycles. The number of nitrogens with two attached hydrogens (primary N) is 1. The fourth-order valence-electron chi connectivity index (χ4n) is 1.02. The van der Waals surface area contributed by atoms with E-state index in [9.17, 15) is 19.3 Å². The van der Waals surface area contributed by atoms with E-state index in [1.165, 1.54) is 0 Å². The van der Waals surface area contributed by atoms with E-state index in [1.807, 2.05) is 0 Å². The van der Waals surface area contributed by atoms with Crippen molar-refractivity contribution < 1.29 is 19.2 Å². The lowest BCUT2D eigenvalue weighted by molar-refractivity contribution is -0.386. The van der Waals surface area contributed by atoms with Crippen LogP contribution < -0.4 is 5.73 Å². The molecule has 0 bridgehead atoms. The van der Waals surface area contributed by atoms with E-state index in [-0.39, 0.29) is 5.56 Å². The summed E-state index contributed by atoms with van der Waals surface area (Å²) in [5, 5.41) is 19.5. The fraction of sp³-hybridized carbons (Fsp3) is 0. The van der Waals surface area contributed by atoms with Crippen LogP contribution in [0.2, 0.25) is 0 Å². The third-order valence-corrected chi connectivity index (χ3v) is 1.70. The highest BCUT2D eigenvalue weighted by molar-refractivity contribution is 5.90. The molecule has 7 heteroatoms. The SMILES string of the molecule is NC(=O)C=Cc1cc(F)c(O)c([N+](=O)[O-])c1. The Morgan fingerprint density at radius 1 is 1.56 bits per heavy atom. The predicted molar refractivity (Wildman–Crippen MR) is 52.9 cm³/mol. The Kier molecular flexibility index (Phi) is 3.19. The Hall–Kier alpha value is -2.44. The van der Waals surface area contributed by atoms with Gasteiger partial charge in [-0.3, -0.25) is 14.9 Å². The van der Waals surface area contributed by atoms with Gasteiger partial charge in [0.1, 0.15) is 0 Å². The van der Waals surface area contributed by atoms with Crippen LogP contribution in [0.5, 0.6) is 5.75 Å². The Labute approximate surface area is 89.0 Å². The third-order valence-electron chi connectivity index (χ3n) is 1.70. The molecule has 1 amide bonds. The number of nitrogens with zero attached hydrogens (tertiary/aromatic N) is 1. The first-order valence-corrected chi connectivity index (χ1v) is 4.06. The summed E-state index contributed by atoms with van der Waals surface area (Å²) in [5.41, 5.74) is 4.09. The Balaban J connectivity index is 3.24. The minimum absolute atomic E-state index is 0.0563. The lowest BCUT2D eigenvalue weighted by Crippen LogP contribution is -2.05. The number of nitro benzene ring substituents is 1. The molecule has 16 heavy (non-hydrogen) atoms. The van der Waals surface area contributed by atoms with Crippen molar-refractivity contribution in [1.82, 2.24) is 0 Å². The third kappa shape index (κ3) is 2.53. The van der Waals surface area contributed by atoms with E-state index < -0.39 is 28.1 Å². The van der Waals surface area contributed by atoms with E-state index in [4.69, 9.17) is 10.8 Å². The highest BCUT2D eigenvalue weighted by atomic mass is 19.1. The number of nitro groups is 1. The number of aromatic hydroxyl groups is 1. The number of hydrogen-bond donors (Lipinski definition) is 2. The first-order chi connectivity index (χ1) is 7.41. The minimum Gasteiger partial charge on any atom is -0.500 e. The predicted octanol–water partition coefficient (Wildman–Crippen LogP) is 0.938. The van der Waals surface area contributed by atoms with Crippen molar-refractivity contribution in [3.63, 3.8) is 0 Å². The van der Waals surface area contributed by atoms with Crippen molar-refractivity contribution in [2.45, 2.75) is 0 Å². The Morgan fingerprint density at radius 2 is 2.19 bits per heavy atom. The van der Waals surface area contributed by atoms with Crippen molar-refractivity contribution in [2.75, 3.05) is 0 Å². The second-order valence-corrected chi connectivity index (χ2v) is 2.86. The topological polar surface area (TPSA) is 106 Å². The zero-order chi connectivity index (χ0) is 12.3. The molecule has 0 atom stereocenters. The van der Waals surface area contributed by atoms with Crippen LogP contribution in [0.15, 0.2) is 18.2 Å². The number of benzene rings is 1. The number of halogens is 1. The van der Waals surface area contributed by atoms with Gasteiger partial charge in [0, 0.05) is 12.1 Å². The lowest BCUT2D eigenvalue weighted by atomic mass is 10.1. The zero-order valence-electron chi connectivity index (χ0n) is 7.88. The van der Waals surface area contributed by atoms with Gasteiger partial charge in [-0.05, 0) is 17.7 Å². The summed E-state index contributed by atoms with van der Waals surface area (Å²) in [6, 6.07) is 1.78. The molecule has 0 spiro atoms. The second kappa shape index (κ2) is 4.39. The van der Waals surface area contributed by atoms with Crippen LogP contribution in [-0.4, -0.2) is 15.9 Å². The normalized spacial score (nSPS) is 10.6. The molecule has 0 radical (unpaired) electrons. The number of amides is 1. The second-order valence-electron chi connectivity index (χ2n) is 2.86. The summed E-state index contributed by atoms with van der Waals surface area (Å²) >= 11 is 0. The maximum atomic E-state index is 13.0. The molecule has 1 aromatic rings. The van der Waals surface area contributed by atoms with Crippen LogP contribution in [0, 0.1) is 15.9 Å². The van der Waals surface area contributed by atoms with Gasteiger partial charge in [-0.15, -0.1) is 0 Å². The van der Waals surface area contributed by atoms with Crippen LogP contribution >= 0.6 is 0 Å². The van der Waals surface area contributed by atoms with Crippen molar-refractivity contribution >= 4 is 17.7 Å². The smallest absolute Gasteiger partial charge is 0.314 e. The molecule has 1 aromatic carbocycles. The van der Waals surface area contributed by atoms with Crippen LogP contribution in [0.4, 0.5) is 10.1 Å². The highest BCUT2D eigenvalue weighted by Gasteiger charge is 2.18. The van der Waals surface area contributed by atoms with Gasteiger partial charge in [0.15, 0.2) is 5.82 Å². The summed E-state index contributed by atoms with van der Waals surface area (Å²) in [4.78, 5) is 19.9. The van der Waals surface area contributed by atoms with Crippen LogP contribution in [0.1, 0.15) is 5.56 Å². The number of primary amides is 1. The molecule has 0 aliphatic carbocycles. The molecular formula is C9H7FN2O4. The number of phenols is 1. The Bertz CT molecular complexity index is 485. The number of hydrogen-bond acceptors (Lipinski definition) is 4. The number of rotatable bonds is 3. The lowest BCUT2D eigenvalue weighted by Gasteiger charge is -1.99. The van der Waals surface area contributed by atoms with Gasteiger partial charge >= 0.3 is 5.69 Å². The number of carbonyl (C=O) groups is 1. The van der Waals surface area contributed by atoms with E-state index >= 15 is 0 Å². The molecule has 0 saturated carbocycles. The maximum Gasteiger partial charge on any atom is 0.314 e. The summed E-state index contributed by atoms with van der Waals surface area (Å²) in [6.45, 7) is 0. The van der Waals surface area contributed by atoms with Crippen LogP contribution in [0.3, 0.4) is 0 Å². The van der Waals surface area contributed by atoms with Crippen molar-refractivity contribution in [3.8, 4) is 5.75 Å². The summed E-state index contributed by atoms with van der Waals surface area (Å²) in [7, 11) is 0. The first-order valence-electron chi connectivity index (χ1n) is 4.06. The molecular weight excluding hydrogens is 219 g/mol. The molecule has 0 aliphatic rings. The first kappa shape index (κ1) is 11.6. The number of phenolic OH excluding ortho intramolecular Hbond substituents is 1. The largest absolute Gasteiger partial charge is 0.500 e. The number of carbonyl (C=O) groups excluding carboxylic acids is 1. The molecule has 0 unspecified atom stereocenters. The molecule has 0 aliphatic heterocycles. The van der Waals surface area contributed by atoms with E-state index in [1.54, 1.807) is 0 Å². The van der Waals surface area contributed by atoms with Gasteiger partial charge in [-0.25, -0.2) is 4.39 Å². The quantitative estimate of drug-likeness (QED) is 0.454. The summed E-state index contributed by atoms with van der Waals surface area (Å²) in [5.74, 6) is -2.95. The van der Waals surface area contributed by atoms with Gasteiger partial charge in [0.2, 0.25) is 11.7 Å². The van der Waals surface area contributed by atoms with Gasteiger partial charge < -0.3 is 10.8 Å². The molecule has 1 rings (SSSR count). The highest BCUT2D eigenvalue weighted by Crippen LogP contribution is 2.30. The minimum atomic E-state index is -1.14. The molecule has 6 nitrogen and oxygen atoms in total. The van der Waals surface area contributed by atoms with E-state index in [2.05, 4.69) is 0 Å². The monoisotopic (exact) mass is 226 g/mol. The van der Waals surface area contributed by atoms with Crippen molar-refractivity contribution in [3.05, 3.63) is 39.7 Å². The maximum absolute atomic E-state index is 13.0. The molecule has 3 N–H and O–H groups in total. The van der Waals surface area contributed by atoms with Crippen LogP contribution in [0.25, 0.3) is 6.08 Å². The van der Waals surface area contributed by atoms with Gasteiger partial charge in [0.25, 0.3) is 0 Å². The zero-order valence-corrected chi connectivity index (χ0v) is 7.88. The molecule has 84 valence electrons. The van der Waals surface area contributed by atoms with Crippen molar-refractivity contribution in [1.29, 1.82) is 0 Å². The average Bonchev–Trinajstić information content (AvgIpc) is 2.19. The van der Waals surface area contributed by atoms with Gasteiger partial charge in [-0.1, -0.05) is 0 Å². The van der Waals surface area contributed by atoms with Crippen molar-refractivity contribution in [2.24, 2.45) is 5.73 Å². The summed E-state index contributed by atoms with van der Waals surface area (Å²) < 4.78 is 13.0.